The first-order valence-corrected chi connectivity index (χ1v) is 12.6. The van der Waals surface area contributed by atoms with E-state index in [1.165, 1.54) is 4.90 Å². The molecule has 1 aliphatic heterocycles. The minimum atomic E-state index is -4.09. The minimum absolute atomic E-state index is 0.0489. The summed E-state index contributed by atoms with van der Waals surface area (Å²) in [7, 11) is -4.09. The monoisotopic (exact) mass is 442 g/mol. The Kier molecular flexibility index (Phi) is 5.37. The molecule has 0 radical (unpaired) electrons. The van der Waals surface area contributed by atoms with Gasteiger partial charge in [-0.2, -0.15) is 0 Å². The van der Waals surface area contributed by atoms with Gasteiger partial charge >= 0.3 is 5.97 Å². The van der Waals surface area contributed by atoms with Crippen molar-refractivity contribution in [2.24, 2.45) is 11.8 Å². The van der Waals surface area contributed by atoms with Crippen LogP contribution < -0.4 is 0 Å². The number of aliphatic carboxylic acids is 1. The second-order valence-electron chi connectivity index (χ2n) is 8.30. The maximum absolute atomic E-state index is 12.9. The number of carboxylic acid groups (broad SMARTS) is 1. The van der Waals surface area contributed by atoms with Gasteiger partial charge in [-0.05, 0) is 43.0 Å². The third-order valence-electron chi connectivity index (χ3n) is 6.12. The van der Waals surface area contributed by atoms with Gasteiger partial charge in [0.2, 0.25) is 13.3 Å². The van der Waals surface area contributed by atoms with Crippen LogP contribution in [0.1, 0.15) is 66.5 Å². The van der Waals surface area contributed by atoms with Crippen LogP contribution in [0.2, 0.25) is 0 Å². The van der Waals surface area contributed by atoms with Gasteiger partial charge in [-0.25, -0.2) is 4.79 Å². The van der Waals surface area contributed by atoms with E-state index < -0.39 is 86.2 Å². The lowest BCUT2D eigenvalue weighted by molar-refractivity contribution is -0.147. The zero-order valence-corrected chi connectivity index (χ0v) is 17.9. The highest BCUT2D eigenvalue weighted by atomic mass is 31.2. The Labute approximate surface area is 189 Å². The maximum atomic E-state index is 12.9. The van der Waals surface area contributed by atoms with Gasteiger partial charge in [0.15, 0.2) is 0 Å². The summed E-state index contributed by atoms with van der Waals surface area (Å²) >= 11 is 0. The fourth-order valence-corrected chi connectivity index (χ4v) is 6.00. The first kappa shape index (κ1) is 15.2. The molecule has 3 atom stereocenters. The summed E-state index contributed by atoms with van der Waals surface area (Å²) in [5.74, 6) is -1.44. The van der Waals surface area contributed by atoms with Crippen LogP contribution in [-0.4, -0.2) is 51.7 Å². The van der Waals surface area contributed by atoms with Gasteiger partial charge in [0.1, 0.15) is 12.2 Å². The smallest absolute Gasteiger partial charge is 0.326 e. The van der Waals surface area contributed by atoms with Crippen LogP contribution in [0.3, 0.4) is 0 Å². The van der Waals surface area contributed by atoms with Crippen molar-refractivity contribution < 1.29 is 33.7 Å². The number of carbonyl (C=O) groups is 2. The van der Waals surface area contributed by atoms with E-state index in [4.69, 9.17) is 9.60 Å². The standard InChI is InChI=1S/C23H34NO5P/c25-22(17-30(28,29)14-8-7-11-18-9-3-1-4-10-18)24-16-20(15-21(24)23(26)27)19-12-5-2-6-13-19/h1,3-4,9-10,19-21H,2,5-8,11-17H2,(H,26,27)(H,28,29)/t20-,21+/m1/s1/i1D,3D,4D,9D,10D,11D2. The molecule has 1 amide bonds. The molecule has 0 spiro atoms. The zero-order chi connectivity index (χ0) is 27.7. The van der Waals surface area contributed by atoms with Crippen LogP contribution in [-0.2, 0) is 20.5 Å². The normalized spacial score (nSPS) is 28.3. The summed E-state index contributed by atoms with van der Waals surface area (Å²) in [5.41, 5.74) is -0.516. The van der Waals surface area contributed by atoms with E-state index >= 15 is 0 Å². The molecule has 1 heterocycles. The summed E-state index contributed by atoms with van der Waals surface area (Å²) in [6.45, 7) is 0.248. The third-order valence-corrected chi connectivity index (χ3v) is 7.90. The lowest BCUT2D eigenvalue weighted by Crippen LogP contribution is -2.42. The van der Waals surface area contributed by atoms with Crippen molar-refractivity contribution in [3.8, 4) is 0 Å². The Morgan fingerprint density at radius 1 is 1.13 bits per heavy atom. The van der Waals surface area contributed by atoms with E-state index in [0.29, 0.717) is 12.3 Å². The quantitative estimate of drug-likeness (QED) is 0.560. The predicted molar refractivity (Wildman–Crippen MR) is 117 cm³/mol. The number of carbonyl (C=O) groups excluding carboxylic acids is 1. The van der Waals surface area contributed by atoms with E-state index in [1.54, 1.807) is 0 Å². The molecule has 1 aromatic carbocycles. The highest BCUT2D eigenvalue weighted by Gasteiger charge is 2.43. The molecule has 3 rings (SSSR count). The van der Waals surface area contributed by atoms with Gasteiger partial charge in [0.25, 0.3) is 0 Å². The average Bonchev–Trinajstić information content (AvgIpc) is 3.28. The van der Waals surface area contributed by atoms with Crippen LogP contribution in [0.25, 0.3) is 0 Å². The second kappa shape index (κ2) is 10.6. The third kappa shape index (κ3) is 6.42. The first-order chi connectivity index (χ1) is 17.2. The van der Waals surface area contributed by atoms with Crippen molar-refractivity contribution in [1.29, 1.82) is 0 Å². The van der Waals surface area contributed by atoms with Crippen LogP contribution in [0, 0.1) is 11.8 Å². The van der Waals surface area contributed by atoms with Gasteiger partial charge in [-0.1, -0.05) is 62.3 Å². The molecule has 2 fully saturated rings. The van der Waals surface area contributed by atoms with Crippen LogP contribution >= 0.6 is 7.37 Å². The number of carboxylic acids is 1. The van der Waals surface area contributed by atoms with Crippen LogP contribution in [0.5, 0.6) is 0 Å². The van der Waals surface area contributed by atoms with Crippen LogP contribution in [0.4, 0.5) is 0 Å². The largest absolute Gasteiger partial charge is 0.480 e. The Morgan fingerprint density at radius 2 is 1.83 bits per heavy atom. The Morgan fingerprint density at radius 3 is 2.50 bits per heavy atom. The molecule has 6 nitrogen and oxygen atoms in total. The lowest BCUT2D eigenvalue weighted by atomic mass is 9.79. The number of amides is 1. The molecule has 1 aromatic rings. The maximum Gasteiger partial charge on any atom is 0.326 e. The topological polar surface area (TPSA) is 94.9 Å². The van der Waals surface area contributed by atoms with Crippen LogP contribution in [0.15, 0.2) is 30.2 Å². The van der Waals surface area contributed by atoms with E-state index in [9.17, 15) is 24.2 Å². The highest BCUT2D eigenvalue weighted by Crippen LogP contribution is 2.43. The van der Waals surface area contributed by atoms with Crippen molar-refractivity contribution in [2.75, 3.05) is 18.9 Å². The molecule has 30 heavy (non-hydrogen) atoms. The molecule has 1 aliphatic carbocycles. The van der Waals surface area contributed by atoms with E-state index in [2.05, 4.69) is 0 Å². The molecule has 1 unspecified atom stereocenters. The fourth-order valence-electron chi connectivity index (χ4n) is 4.58. The molecule has 2 N–H and O–H groups in total. The molecular formula is C23H34NO5P. The number of hydrogen-bond acceptors (Lipinski definition) is 3. The van der Waals surface area contributed by atoms with Gasteiger partial charge in [-0.3, -0.25) is 9.36 Å². The molecule has 166 valence electrons. The van der Waals surface area contributed by atoms with Crippen molar-refractivity contribution >= 4 is 19.2 Å². The molecular weight excluding hydrogens is 401 g/mol. The summed E-state index contributed by atoms with van der Waals surface area (Å²) in [5, 5.41) is 9.65. The van der Waals surface area contributed by atoms with Gasteiger partial charge < -0.3 is 14.9 Å². The summed E-state index contributed by atoms with van der Waals surface area (Å²) in [6, 6.07) is -4.33. The van der Waals surface area contributed by atoms with E-state index in [-0.39, 0.29) is 18.9 Å². The Hall–Kier alpha value is -1.65. The lowest BCUT2D eigenvalue weighted by Gasteiger charge is -2.27. The highest BCUT2D eigenvalue weighted by molar-refractivity contribution is 7.58. The summed E-state index contributed by atoms with van der Waals surface area (Å²) in [4.78, 5) is 36.4. The van der Waals surface area contributed by atoms with Gasteiger partial charge in [0, 0.05) is 15.4 Å². The SMILES string of the molecule is [2H]c1c([2H])c([2H])c(C([2H])([2H])CCCP(=O)(O)CC(=O)N2C[C@H](C3CCCCC3)C[C@H]2C(=O)O)c([2H])c1[2H]. The van der Waals surface area contributed by atoms with Crippen molar-refractivity contribution in [3.05, 3.63) is 35.8 Å². The molecule has 2 aliphatic rings. The summed E-state index contributed by atoms with van der Waals surface area (Å²) < 4.78 is 68.4. The number of rotatable bonds is 9. The van der Waals surface area contributed by atoms with Gasteiger partial charge in [-0.15, -0.1) is 0 Å². The van der Waals surface area contributed by atoms with E-state index in [1.807, 2.05) is 0 Å². The Bertz CT molecular complexity index is 1070. The van der Waals surface area contributed by atoms with Crippen molar-refractivity contribution in [1.82, 2.24) is 4.90 Å². The molecule has 1 saturated carbocycles. The Balaban J connectivity index is 1.63. The number of nitrogens with zero attached hydrogens (tertiary/aromatic N) is 1. The molecule has 1 saturated heterocycles. The molecule has 0 aromatic heterocycles. The molecule has 7 heteroatoms. The fraction of sp³-hybridized carbons (Fsp3) is 0.652. The predicted octanol–water partition coefficient (Wildman–Crippen LogP) is 4.16. The number of likely N-dealkylation sites (tertiary alicyclic amines) is 1. The van der Waals surface area contributed by atoms with Gasteiger partial charge in [0.05, 0.1) is 6.85 Å². The summed E-state index contributed by atoms with van der Waals surface area (Å²) in [6.07, 6.45) is 1.52. The zero-order valence-electron chi connectivity index (χ0n) is 24.0. The number of hydrogen-bond donors (Lipinski definition) is 2. The van der Waals surface area contributed by atoms with Crippen molar-refractivity contribution in [3.63, 3.8) is 0 Å². The second-order valence-corrected chi connectivity index (χ2v) is 10.8. The van der Waals surface area contributed by atoms with E-state index in [0.717, 1.165) is 32.1 Å². The van der Waals surface area contributed by atoms with Crippen molar-refractivity contribution in [2.45, 2.75) is 63.8 Å². The average molecular weight is 443 g/mol. The number of benzene rings is 1. The minimum Gasteiger partial charge on any atom is -0.480 e. The molecule has 0 bridgehead atoms. The first-order valence-electron chi connectivity index (χ1n) is 14.1.